The quantitative estimate of drug-likeness (QED) is 0.187. The van der Waals surface area contributed by atoms with Crippen molar-refractivity contribution in [3.8, 4) is 11.1 Å². The first-order valence-electron chi connectivity index (χ1n) is 19.9. The van der Waals surface area contributed by atoms with Crippen LogP contribution in [0.5, 0.6) is 0 Å². The van der Waals surface area contributed by atoms with Gasteiger partial charge in [-0.3, -0.25) is 4.99 Å². The van der Waals surface area contributed by atoms with Crippen LogP contribution in [0.2, 0.25) is 0 Å². The molecule has 3 atom stereocenters. The molecule has 0 bridgehead atoms. The molecule has 3 unspecified atom stereocenters. The summed E-state index contributed by atoms with van der Waals surface area (Å²) in [6, 6.07) is 46.9. The van der Waals surface area contributed by atoms with E-state index in [0.717, 1.165) is 18.2 Å². The molecule has 4 aliphatic carbocycles. The first-order chi connectivity index (χ1) is 27.5. The molecular formula is C53H42N2S. The molecule has 2 nitrogen and oxygen atoms in total. The highest BCUT2D eigenvalue weighted by atomic mass is 32.1. The molecular weight excluding hydrogens is 697 g/mol. The van der Waals surface area contributed by atoms with Crippen LogP contribution in [-0.4, -0.2) is 0 Å². The lowest BCUT2D eigenvalue weighted by atomic mass is 9.70. The van der Waals surface area contributed by atoms with E-state index in [2.05, 4.69) is 189 Å². The van der Waals surface area contributed by atoms with Crippen LogP contribution in [0.1, 0.15) is 66.6 Å². The summed E-state index contributed by atoms with van der Waals surface area (Å²) in [7, 11) is 0. The fourth-order valence-corrected chi connectivity index (χ4v) is 11.0. The van der Waals surface area contributed by atoms with Crippen LogP contribution in [0.15, 0.2) is 192 Å². The molecule has 1 N–H and O–H groups in total. The zero-order valence-electron chi connectivity index (χ0n) is 31.7. The lowest BCUT2D eigenvalue weighted by Crippen LogP contribution is -2.37. The van der Waals surface area contributed by atoms with E-state index in [9.17, 15) is 0 Å². The monoisotopic (exact) mass is 738 g/mol. The molecule has 6 aromatic rings. The fraction of sp³-hybridized carbons (Fsp3) is 0.151. The Balaban J connectivity index is 0.947. The van der Waals surface area contributed by atoms with E-state index in [-0.39, 0.29) is 17.5 Å². The van der Waals surface area contributed by atoms with Gasteiger partial charge in [0.05, 0.1) is 15.6 Å². The Kier molecular flexibility index (Phi) is 7.76. The predicted molar refractivity (Wildman–Crippen MR) is 234 cm³/mol. The van der Waals surface area contributed by atoms with Gasteiger partial charge in [-0.25, -0.2) is 0 Å². The van der Waals surface area contributed by atoms with Crippen LogP contribution in [0.3, 0.4) is 0 Å². The number of nitrogens with zero attached hydrogens (tertiary/aromatic N) is 1. The highest BCUT2D eigenvalue weighted by Crippen LogP contribution is 2.59. The molecule has 0 saturated carbocycles. The van der Waals surface area contributed by atoms with E-state index < -0.39 is 0 Å². The molecule has 56 heavy (non-hydrogen) atoms. The van der Waals surface area contributed by atoms with Crippen LogP contribution in [0.4, 0.5) is 0 Å². The molecule has 5 aromatic carbocycles. The SMILES string of the molecule is CC1(C)C2=C3C=CC=CC3CC(c3ccccc3)=C2c2ccc(-c3ccc(C4C=C(C5=c6sc7ccccc7c6=NC(c6ccccc6)N5)C=CC4)cc3)cc21. The Hall–Kier alpha value is -6.03. The number of hydrogen-bond acceptors (Lipinski definition) is 3. The lowest BCUT2D eigenvalue weighted by molar-refractivity contribution is 0.635. The average molecular weight is 739 g/mol. The van der Waals surface area contributed by atoms with Gasteiger partial charge in [0.15, 0.2) is 0 Å². The number of rotatable bonds is 5. The fourth-order valence-electron chi connectivity index (χ4n) is 9.82. The lowest BCUT2D eigenvalue weighted by Gasteiger charge is -2.34. The summed E-state index contributed by atoms with van der Waals surface area (Å²) >= 11 is 1.83. The van der Waals surface area contributed by atoms with Crippen LogP contribution < -0.4 is 15.2 Å². The Morgan fingerprint density at radius 1 is 0.714 bits per heavy atom. The van der Waals surface area contributed by atoms with Crippen LogP contribution in [-0.2, 0) is 5.41 Å². The number of nitrogens with one attached hydrogen (secondary N) is 1. The highest BCUT2D eigenvalue weighted by Gasteiger charge is 2.44. The van der Waals surface area contributed by atoms with Crippen molar-refractivity contribution in [3.63, 3.8) is 0 Å². The molecule has 0 radical (unpaired) electrons. The Bertz CT molecular complexity index is 2890. The molecule has 1 aromatic heterocycles. The minimum atomic E-state index is -0.137. The summed E-state index contributed by atoms with van der Waals surface area (Å²) < 4.78 is 2.49. The molecule has 1 aliphatic heterocycles. The number of fused-ring (bicyclic) bond motifs is 7. The Morgan fingerprint density at radius 2 is 1.48 bits per heavy atom. The third kappa shape index (κ3) is 5.33. The van der Waals surface area contributed by atoms with Gasteiger partial charge in [-0.2, -0.15) is 0 Å². The summed E-state index contributed by atoms with van der Waals surface area (Å²) in [4.78, 5) is 5.27. The highest BCUT2D eigenvalue weighted by molar-refractivity contribution is 7.17. The summed E-state index contributed by atoms with van der Waals surface area (Å²) in [6.07, 6.45) is 18.2. The third-order valence-corrected chi connectivity index (χ3v) is 13.8. The van der Waals surface area contributed by atoms with Gasteiger partial charge < -0.3 is 5.32 Å². The normalized spacial score (nSPS) is 21.6. The summed E-state index contributed by atoms with van der Waals surface area (Å²) in [5.74, 6) is 0.702. The summed E-state index contributed by atoms with van der Waals surface area (Å²) in [5.41, 5.74) is 17.4. The van der Waals surface area contributed by atoms with Crippen LogP contribution in [0, 0.1) is 5.92 Å². The topological polar surface area (TPSA) is 24.4 Å². The van der Waals surface area contributed by atoms with Crippen molar-refractivity contribution < 1.29 is 0 Å². The zero-order valence-corrected chi connectivity index (χ0v) is 32.5. The van der Waals surface area contributed by atoms with Gasteiger partial charge in [0, 0.05) is 27.3 Å². The molecule has 0 amide bonds. The Labute approximate surface area is 332 Å². The van der Waals surface area contributed by atoms with E-state index in [4.69, 9.17) is 4.99 Å². The smallest absolute Gasteiger partial charge is 0.145 e. The number of allylic oxidation sites excluding steroid dienone is 10. The molecule has 270 valence electrons. The molecule has 0 spiro atoms. The van der Waals surface area contributed by atoms with Gasteiger partial charge in [0.1, 0.15) is 6.17 Å². The van der Waals surface area contributed by atoms with E-state index in [1.165, 1.54) is 87.1 Å². The van der Waals surface area contributed by atoms with Gasteiger partial charge >= 0.3 is 0 Å². The minimum absolute atomic E-state index is 0.105. The van der Waals surface area contributed by atoms with E-state index in [1.807, 2.05) is 11.3 Å². The molecule has 3 heteroatoms. The maximum atomic E-state index is 5.27. The predicted octanol–water partition coefficient (Wildman–Crippen LogP) is 11.9. The number of thiophene rings is 1. The van der Waals surface area contributed by atoms with Crippen molar-refractivity contribution in [2.45, 2.75) is 44.2 Å². The number of hydrogen-bond donors (Lipinski definition) is 1. The first kappa shape index (κ1) is 33.3. The first-order valence-corrected chi connectivity index (χ1v) is 20.8. The van der Waals surface area contributed by atoms with Crippen molar-refractivity contribution >= 4 is 38.3 Å². The van der Waals surface area contributed by atoms with Crippen molar-refractivity contribution in [2.75, 3.05) is 0 Å². The second kappa shape index (κ2) is 13.0. The molecule has 2 heterocycles. The minimum Gasteiger partial charge on any atom is -0.358 e. The van der Waals surface area contributed by atoms with E-state index >= 15 is 0 Å². The van der Waals surface area contributed by atoms with Gasteiger partial charge in [0.25, 0.3) is 0 Å². The van der Waals surface area contributed by atoms with Crippen molar-refractivity contribution in [1.82, 2.24) is 5.32 Å². The van der Waals surface area contributed by atoms with Gasteiger partial charge in [0.2, 0.25) is 0 Å². The maximum Gasteiger partial charge on any atom is 0.145 e. The zero-order chi connectivity index (χ0) is 37.4. The molecule has 5 aliphatic rings. The largest absolute Gasteiger partial charge is 0.358 e. The van der Waals surface area contributed by atoms with Crippen LogP contribution in [0.25, 0.3) is 38.1 Å². The molecule has 11 rings (SSSR count). The van der Waals surface area contributed by atoms with Crippen molar-refractivity contribution in [3.05, 3.63) is 224 Å². The van der Waals surface area contributed by atoms with Gasteiger partial charge in [-0.1, -0.05) is 172 Å². The summed E-state index contributed by atoms with van der Waals surface area (Å²) in [5, 5.41) is 6.19. The second-order valence-corrected chi connectivity index (χ2v) is 17.3. The maximum absolute atomic E-state index is 5.27. The Morgan fingerprint density at radius 3 is 2.32 bits per heavy atom. The van der Waals surface area contributed by atoms with Crippen molar-refractivity contribution in [2.24, 2.45) is 10.9 Å². The van der Waals surface area contributed by atoms with Gasteiger partial charge in [-0.15, -0.1) is 11.3 Å². The molecule has 0 saturated heterocycles. The van der Waals surface area contributed by atoms with Crippen LogP contribution >= 0.6 is 11.3 Å². The van der Waals surface area contributed by atoms with Crippen molar-refractivity contribution in [1.29, 1.82) is 0 Å². The standard InChI is InChI=1S/C53H42N2S/c1-53(2)45-32-38(28-29-42(45)47-44(35-14-5-3-6-15-35)31-39-18-9-10-21-41(39)48(47)53)34-26-24-33(25-27-34)37-19-13-20-40(30-37)49-51-50(43-22-11-12-23-46(43)56-51)55-52(54-49)36-16-7-4-8-17-36/h3-18,20-30,32,37,39,52,54H,19,31H2,1-2H3. The third-order valence-electron chi connectivity index (χ3n) is 12.6. The number of benzene rings is 5. The van der Waals surface area contributed by atoms with E-state index in [1.54, 1.807) is 0 Å². The van der Waals surface area contributed by atoms with E-state index in [0.29, 0.717) is 5.92 Å². The summed E-state index contributed by atoms with van der Waals surface area (Å²) in [6.45, 7) is 4.87. The second-order valence-electron chi connectivity index (χ2n) is 16.2. The molecule has 0 fully saturated rings. The average Bonchev–Trinajstić information content (AvgIpc) is 3.75. The van der Waals surface area contributed by atoms with Gasteiger partial charge in [-0.05, 0) is 91.8 Å².